The van der Waals surface area contributed by atoms with Gasteiger partial charge in [0.15, 0.2) is 5.96 Å². The molecule has 3 rings (SSSR count). The third-order valence-electron chi connectivity index (χ3n) is 4.76. The zero-order valence-corrected chi connectivity index (χ0v) is 17.4. The normalized spacial score (nSPS) is 11.3. The molecule has 3 aromatic rings. The third kappa shape index (κ3) is 5.85. The van der Waals surface area contributed by atoms with Crippen LogP contribution in [0.25, 0.3) is 0 Å². The number of aliphatic imine (C=N–C) groups is 1. The Kier molecular flexibility index (Phi) is 7.28. The number of hydrogen-bond donors (Lipinski definition) is 2. The Morgan fingerprint density at radius 1 is 1.14 bits per heavy atom. The summed E-state index contributed by atoms with van der Waals surface area (Å²) in [6.07, 6.45) is 4.69. The topological polar surface area (TPSA) is 63.5 Å². The fourth-order valence-electron chi connectivity index (χ4n) is 3.23. The Labute approximate surface area is 172 Å². The SMILES string of the molecule is CN=C(NCCc1cc(C)ccc1OC)NCc1nccn1Cc1ccccc1. The number of aromatic nitrogens is 2. The number of hydrogen-bond acceptors (Lipinski definition) is 3. The van der Waals surface area contributed by atoms with Crippen LogP contribution in [-0.4, -0.2) is 36.2 Å². The van der Waals surface area contributed by atoms with Crippen LogP contribution in [0.3, 0.4) is 0 Å². The molecule has 0 amide bonds. The summed E-state index contributed by atoms with van der Waals surface area (Å²) < 4.78 is 7.60. The fraction of sp³-hybridized carbons (Fsp3) is 0.304. The minimum atomic E-state index is 0.604. The first kappa shape index (κ1) is 20.5. The van der Waals surface area contributed by atoms with Crippen LogP contribution in [0.2, 0.25) is 0 Å². The van der Waals surface area contributed by atoms with Gasteiger partial charge in [-0.15, -0.1) is 0 Å². The lowest BCUT2D eigenvalue weighted by Crippen LogP contribution is -2.38. The summed E-state index contributed by atoms with van der Waals surface area (Å²) in [6, 6.07) is 16.6. The molecule has 0 atom stereocenters. The van der Waals surface area contributed by atoms with E-state index in [9.17, 15) is 0 Å². The fourth-order valence-corrected chi connectivity index (χ4v) is 3.23. The number of nitrogens with one attached hydrogen (secondary N) is 2. The summed E-state index contributed by atoms with van der Waals surface area (Å²) in [6.45, 7) is 4.26. The van der Waals surface area contributed by atoms with Crippen molar-refractivity contribution < 1.29 is 4.74 Å². The minimum Gasteiger partial charge on any atom is -0.496 e. The van der Waals surface area contributed by atoms with Gasteiger partial charge in [-0.05, 0) is 30.5 Å². The smallest absolute Gasteiger partial charge is 0.191 e. The summed E-state index contributed by atoms with van der Waals surface area (Å²) >= 11 is 0. The van der Waals surface area contributed by atoms with Gasteiger partial charge in [-0.3, -0.25) is 4.99 Å². The number of guanidine groups is 1. The maximum atomic E-state index is 5.46. The Bertz CT molecular complexity index is 933. The van der Waals surface area contributed by atoms with Crippen molar-refractivity contribution in [3.8, 4) is 5.75 Å². The van der Waals surface area contributed by atoms with Crippen molar-refractivity contribution in [1.82, 2.24) is 20.2 Å². The molecule has 2 N–H and O–H groups in total. The molecule has 0 saturated carbocycles. The van der Waals surface area contributed by atoms with Crippen LogP contribution in [0.15, 0.2) is 65.9 Å². The first-order chi connectivity index (χ1) is 14.2. The van der Waals surface area contributed by atoms with Crippen molar-refractivity contribution in [3.63, 3.8) is 0 Å². The van der Waals surface area contributed by atoms with Gasteiger partial charge >= 0.3 is 0 Å². The van der Waals surface area contributed by atoms with Crippen LogP contribution in [-0.2, 0) is 19.5 Å². The maximum absolute atomic E-state index is 5.46. The molecule has 6 nitrogen and oxygen atoms in total. The summed E-state index contributed by atoms with van der Waals surface area (Å²) in [4.78, 5) is 8.80. The largest absolute Gasteiger partial charge is 0.496 e. The second-order valence-corrected chi connectivity index (χ2v) is 6.87. The monoisotopic (exact) mass is 391 g/mol. The molecule has 0 radical (unpaired) electrons. The molecule has 29 heavy (non-hydrogen) atoms. The highest BCUT2D eigenvalue weighted by Gasteiger charge is 2.07. The summed E-state index contributed by atoms with van der Waals surface area (Å²) in [5.41, 5.74) is 3.67. The number of rotatable bonds is 8. The highest BCUT2D eigenvalue weighted by molar-refractivity contribution is 5.79. The number of benzene rings is 2. The highest BCUT2D eigenvalue weighted by atomic mass is 16.5. The zero-order valence-electron chi connectivity index (χ0n) is 17.4. The van der Waals surface area contributed by atoms with E-state index in [1.807, 2.05) is 24.5 Å². The van der Waals surface area contributed by atoms with E-state index in [4.69, 9.17) is 4.74 Å². The molecular formula is C23H29N5O. The number of aryl methyl sites for hydroxylation is 1. The van der Waals surface area contributed by atoms with E-state index in [2.05, 4.69) is 68.5 Å². The predicted octanol–water partition coefficient (Wildman–Crippen LogP) is 3.16. The maximum Gasteiger partial charge on any atom is 0.191 e. The zero-order chi connectivity index (χ0) is 20.5. The van der Waals surface area contributed by atoms with E-state index in [0.717, 1.165) is 37.0 Å². The van der Waals surface area contributed by atoms with E-state index in [1.54, 1.807) is 14.2 Å². The molecule has 0 aliphatic carbocycles. The van der Waals surface area contributed by atoms with E-state index in [-0.39, 0.29) is 0 Å². The quantitative estimate of drug-likeness (QED) is 0.457. The molecule has 0 aliphatic heterocycles. The van der Waals surface area contributed by atoms with Gasteiger partial charge in [-0.1, -0.05) is 48.0 Å². The third-order valence-corrected chi connectivity index (χ3v) is 4.76. The average Bonchev–Trinajstić information content (AvgIpc) is 3.18. The molecule has 152 valence electrons. The van der Waals surface area contributed by atoms with Crippen LogP contribution in [0.1, 0.15) is 22.5 Å². The molecule has 0 saturated heterocycles. The molecule has 0 bridgehead atoms. The van der Waals surface area contributed by atoms with Crippen molar-refractivity contribution in [2.75, 3.05) is 20.7 Å². The average molecular weight is 392 g/mol. The minimum absolute atomic E-state index is 0.604. The lowest BCUT2D eigenvalue weighted by molar-refractivity contribution is 0.409. The molecule has 6 heteroatoms. The summed E-state index contributed by atoms with van der Waals surface area (Å²) in [5.74, 6) is 2.64. The van der Waals surface area contributed by atoms with Crippen LogP contribution in [0.4, 0.5) is 0 Å². The lowest BCUT2D eigenvalue weighted by Gasteiger charge is -2.14. The molecule has 1 heterocycles. The van der Waals surface area contributed by atoms with Gasteiger partial charge in [0.25, 0.3) is 0 Å². The van der Waals surface area contributed by atoms with E-state index in [0.29, 0.717) is 6.54 Å². The molecule has 2 aromatic carbocycles. The van der Waals surface area contributed by atoms with Gasteiger partial charge in [0.1, 0.15) is 11.6 Å². The number of nitrogens with zero attached hydrogens (tertiary/aromatic N) is 3. The van der Waals surface area contributed by atoms with E-state index >= 15 is 0 Å². The van der Waals surface area contributed by atoms with Gasteiger partial charge in [0, 0.05) is 32.5 Å². The second kappa shape index (κ2) is 10.3. The Morgan fingerprint density at radius 2 is 1.97 bits per heavy atom. The Balaban J connectivity index is 1.52. The number of imidazole rings is 1. The summed E-state index contributed by atoms with van der Waals surface area (Å²) in [5, 5.41) is 6.72. The molecule has 0 aliphatic rings. The van der Waals surface area contributed by atoms with Gasteiger partial charge in [0.2, 0.25) is 0 Å². The standard InChI is InChI=1S/C23H29N5O/c1-18-9-10-21(29-3)20(15-18)11-12-26-23(24-2)27-16-22-25-13-14-28(22)17-19-7-5-4-6-8-19/h4-10,13-15H,11-12,16-17H2,1-3H3,(H2,24,26,27). The molecule has 0 fully saturated rings. The van der Waals surface area contributed by atoms with Crippen LogP contribution >= 0.6 is 0 Å². The molecule has 1 aromatic heterocycles. The molecular weight excluding hydrogens is 362 g/mol. The predicted molar refractivity (Wildman–Crippen MR) is 117 cm³/mol. The van der Waals surface area contributed by atoms with Crippen molar-refractivity contribution >= 4 is 5.96 Å². The van der Waals surface area contributed by atoms with Crippen molar-refractivity contribution in [2.24, 2.45) is 4.99 Å². The first-order valence-corrected chi connectivity index (χ1v) is 9.81. The van der Waals surface area contributed by atoms with Crippen LogP contribution < -0.4 is 15.4 Å². The van der Waals surface area contributed by atoms with Crippen molar-refractivity contribution in [3.05, 3.63) is 83.4 Å². The van der Waals surface area contributed by atoms with E-state index < -0.39 is 0 Å². The van der Waals surface area contributed by atoms with Crippen molar-refractivity contribution in [2.45, 2.75) is 26.4 Å². The second-order valence-electron chi connectivity index (χ2n) is 6.87. The Morgan fingerprint density at radius 3 is 2.72 bits per heavy atom. The summed E-state index contributed by atoms with van der Waals surface area (Å²) in [7, 11) is 3.48. The molecule has 0 spiro atoms. The molecule has 0 unspecified atom stereocenters. The first-order valence-electron chi connectivity index (χ1n) is 9.81. The van der Waals surface area contributed by atoms with Gasteiger partial charge in [-0.25, -0.2) is 4.98 Å². The van der Waals surface area contributed by atoms with Gasteiger partial charge in [0.05, 0.1) is 13.7 Å². The lowest BCUT2D eigenvalue weighted by atomic mass is 10.1. The van der Waals surface area contributed by atoms with Crippen LogP contribution in [0.5, 0.6) is 5.75 Å². The number of methoxy groups -OCH3 is 1. The van der Waals surface area contributed by atoms with E-state index in [1.165, 1.54) is 16.7 Å². The van der Waals surface area contributed by atoms with Gasteiger partial charge < -0.3 is 19.9 Å². The number of ether oxygens (including phenoxy) is 1. The van der Waals surface area contributed by atoms with Gasteiger partial charge in [-0.2, -0.15) is 0 Å². The van der Waals surface area contributed by atoms with Crippen LogP contribution in [0, 0.1) is 6.92 Å². The highest BCUT2D eigenvalue weighted by Crippen LogP contribution is 2.19. The Hall–Kier alpha value is -3.28. The van der Waals surface area contributed by atoms with Crippen molar-refractivity contribution in [1.29, 1.82) is 0 Å².